The number of aromatic amines is 1. The number of aromatic nitrogens is 2. The first-order chi connectivity index (χ1) is 11.3. The second-order valence-corrected chi connectivity index (χ2v) is 6.91. The average molecular weight is 323 g/mol. The Balaban J connectivity index is 1.76. The first-order valence-corrected chi connectivity index (χ1v) is 7.92. The number of nitrogens with one attached hydrogen (secondary N) is 2. The predicted octanol–water partition coefficient (Wildman–Crippen LogP) is 3.27. The Morgan fingerprint density at radius 1 is 1.08 bits per heavy atom. The first-order valence-electron chi connectivity index (χ1n) is 7.92. The van der Waals surface area contributed by atoms with E-state index in [9.17, 15) is 9.59 Å². The maximum absolute atomic E-state index is 12.3. The topological polar surface area (TPSA) is 66.9 Å². The van der Waals surface area contributed by atoms with Crippen molar-refractivity contribution in [3.8, 4) is 0 Å². The third kappa shape index (κ3) is 3.25. The lowest BCUT2D eigenvalue weighted by Gasteiger charge is -2.19. The van der Waals surface area contributed by atoms with Crippen molar-refractivity contribution in [2.45, 2.75) is 32.7 Å². The molecule has 124 valence electrons. The van der Waals surface area contributed by atoms with Crippen LogP contribution in [0.1, 0.15) is 26.3 Å². The summed E-state index contributed by atoms with van der Waals surface area (Å²) in [6, 6.07) is 15.1. The third-order valence-electron chi connectivity index (χ3n) is 4.02. The Bertz CT molecular complexity index is 928. The molecule has 2 N–H and O–H groups in total. The molecule has 1 heterocycles. The maximum atomic E-state index is 12.3. The molecule has 24 heavy (non-hydrogen) atoms. The van der Waals surface area contributed by atoms with Gasteiger partial charge < -0.3 is 10.3 Å². The quantitative estimate of drug-likeness (QED) is 0.777. The molecule has 5 nitrogen and oxygen atoms in total. The minimum atomic E-state index is -0.283. The number of fused-ring (bicyclic) bond motifs is 1. The molecule has 0 aliphatic carbocycles. The van der Waals surface area contributed by atoms with Crippen molar-refractivity contribution in [1.29, 1.82) is 0 Å². The molecule has 0 aliphatic heterocycles. The number of hydrogen-bond donors (Lipinski definition) is 2. The van der Waals surface area contributed by atoms with Crippen LogP contribution in [0.4, 0.5) is 5.69 Å². The maximum Gasteiger partial charge on any atom is 0.326 e. The number of nitrogens with zero attached hydrogens (tertiary/aromatic N) is 1. The lowest BCUT2D eigenvalue weighted by Crippen LogP contribution is -2.25. The van der Waals surface area contributed by atoms with Crippen LogP contribution in [0, 0.1) is 0 Å². The van der Waals surface area contributed by atoms with Crippen molar-refractivity contribution in [2.75, 3.05) is 5.32 Å². The van der Waals surface area contributed by atoms with Gasteiger partial charge in [-0.25, -0.2) is 4.79 Å². The van der Waals surface area contributed by atoms with Crippen LogP contribution >= 0.6 is 0 Å². The molecule has 1 aromatic heterocycles. The van der Waals surface area contributed by atoms with Crippen LogP contribution in [-0.2, 0) is 16.8 Å². The third-order valence-corrected chi connectivity index (χ3v) is 4.02. The van der Waals surface area contributed by atoms with E-state index in [1.54, 1.807) is 0 Å². The minimum absolute atomic E-state index is 0.0239. The smallest absolute Gasteiger partial charge is 0.325 e. The van der Waals surface area contributed by atoms with Gasteiger partial charge in [-0.05, 0) is 35.2 Å². The minimum Gasteiger partial charge on any atom is -0.325 e. The fraction of sp³-hybridized carbons (Fsp3) is 0.263. The Kier molecular flexibility index (Phi) is 4.01. The molecule has 0 saturated carbocycles. The molecule has 0 bridgehead atoms. The molecular formula is C19H21N3O2. The second kappa shape index (κ2) is 6.00. The molecule has 0 aliphatic rings. The van der Waals surface area contributed by atoms with Gasteiger partial charge >= 0.3 is 5.69 Å². The molecule has 2 aromatic carbocycles. The van der Waals surface area contributed by atoms with Crippen LogP contribution in [-0.4, -0.2) is 15.5 Å². The summed E-state index contributed by atoms with van der Waals surface area (Å²) in [5.41, 5.74) is 3.16. The van der Waals surface area contributed by atoms with Gasteiger partial charge in [-0.15, -0.1) is 0 Å². The van der Waals surface area contributed by atoms with Crippen LogP contribution in [0.25, 0.3) is 11.0 Å². The van der Waals surface area contributed by atoms with Crippen LogP contribution in [0.15, 0.2) is 53.3 Å². The summed E-state index contributed by atoms with van der Waals surface area (Å²) in [5, 5.41) is 2.84. The molecule has 0 fully saturated rings. The number of hydrogen-bond acceptors (Lipinski definition) is 2. The molecule has 3 aromatic rings. The van der Waals surface area contributed by atoms with Gasteiger partial charge in [-0.3, -0.25) is 9.36 Å². The van der Waals surface area contributed by atoms with E-state index in [0.717, 1.165) is 16.7 Å². The lowest BCUT2D eigenvalue weighted by atomic mass is 9.87. The lowest BCUT2D eigenvalue weighted by molar-refractivity contribution is -0.116. The number of anilines is 1. The zero-order valence-corrected chi connectivity index (χ0v) is 14.1. The Labute approximate surface area is 140 Å². The van der Waals surface area contributed by atoms with Crippen molar-refractivity contribution in [1.82, 2.24) is 9.55 Å². The highest BCUT2D eigenvalue weighted by Crippen LogP contribution is 2.23. The van der Waals surface area contributed by atoms with Gasteiger partial charge in [-0.1, -0.05) is 45.0 Å². The van der Waals surface area contributed by atoms with E-state index in [4.69, 9.17) is 0 Å². The van der Waals surface area contributed by atoms with Crippen molar-refractivity contribution in [3.05, 3.63) is 64.6 Å². The molecule has 1 amide bonds. The fourth-order valence-corrected chi connectivity index (χ4v) is 2.66. The standard InChI is InChI=1S/C19H21N3O2/c1-19(2,3)13-8-10-14(11-9-13)20-17(23)12-22-16-7-5-4-6-15(16)21-18(22)24/h4-11H,12H2,1-3H3,(H,20,23)(H,21,24). The van der Waals surface area contributed by atoms with Gasteiger partial charge in [-0.2, -0.15) is 0 Å². The molecule has 0 unspecified atom stereocenters. The highest BCUT2D eigenvalue weighted by molar-refractivity contribution is 5.91. The summed E-state index contributed by atoms with van der Waals surface area (Å²) in [5.74, 6) is -0.231. The predicted molar refractivity (Wildman–Crippen MR) is 96.3 cm³/mol. The van der Waals surface area contributed by atoms with E-state index < -0.39 is 0 Å². The van der Waals surface area contributed by atoms with E-state index >= 15 is 0 Å². The number of carbonyl (C=O) groups excluding carboxylic acids is 1. The summed E-state index contributed by atoms with van der Waals surface area (Å²) in [6.45, 7) is 6.40. The molecular weight excluding hydrogens is 302 g/mol. The zero-order chi connectivity index (χ0) is 17.3. The number of benzene rings is 2. The summed E-state index contributed by atoms with van der Waals surface area (Å²) in [4.78, 5) is 27.0. The van der Waals surface area contributed by atoms with Gasteiger partial charge in [0, 0.05) is 5.69 Å². The Morgan fingerprint density at radius 2 is 1.75 bits per heavy atom. The molecule has 0 spiro atoms. The van der Waals surface area contributed by atoms with Crippen LogP contribution < -0.4 is 11.0 Å². The van der Waals surface area contributed by atoms with Crippen molar-refractivity contribution >= 4 is 22.6 Å². The number of rotatable bonds is 3. The SMILES string of the molecule is CC(C)(C)c1ccc(NC(=O)Cn2c(=O)[nH]c3ccccc32)cc1. The van der Waals surface area contributed by atoms with Crippen molar-refractivity contribution in [2.24, 2.45) is 0 Å². The first kappa shape index (κ1) is 16.1. The number of carbonyl (C=O) groups is 1. The fourth-order valence-electron chi connectivity index (χ4n) is 2.66. The molecule has 0 atom stereocenters. The van der Waals surface area contributed by atoms with E-state index in [0.29, 0.717) is 0 Å². The average Bonchev–Trinajstić information content (AvgIpc) is 2.83. The monoisotopic (exact) mass is 323 g/mol. The number of para-hydroxylation sites is 2. The zero-order valence-electron chi connectivity index (χ0n) is 14.1. The van der Waals surface area contributed by atoms with E-state index in [1.807, 2.05) is 48.5 Å². The Morgan fingerprint density at radius 3 is 2.42 bits per heavy atom. The second-order valence-electron chi connectivity index (χ2n) is 6.91. The van der Waals surface area contributed by atoms with Crippen molar-refractivity contribution < 1.29 is 4.79 Å². The van der Waals surface area contributed by atoms with Gasteiger partial charge in [0.05, 0.1) is 11.0 Å². The molecule has 5 heteroatoms. The number of amides is 1. The molecule has 3 rings (SSSR count). The van der Waals surface area contributed by atoms with Gasteiger partial charge in [0.2, 0.25) is 5.91 Å². The summed E-state index contributed by atoms with van der Waals surface area (Å²) < 4.78 is 1.44. The normalized spacial score (nSPS) is 11.6. The highest BCUT2D eigenvalue weighted by Gasteiger charge is 2.14. The summed E-state index contributed by atoms with van der Waals surface area (Å²) in [6.07, 6.45) is 0. The van der Waals surface area contributed by atoms with E-state index in [-0.39, 0.29) is 23.6 Å². The summed E-state index contributed by atoms with van der Waals surface area (Å²) >= 11 is 0. The van der Waals surface area contributed by atoms with E-state index in [1.165, 1.54) is 10.1 Å². The number of H-pyrrole nitrogens is 1. The van der Waals surface area contributed by atoms with Crippen LogP contribution in [0.5, 0.6) is 0 Å². The number of imidazole rings is 1. The molecule has 0 radical (unpaired) electrons. The van der Waals surface area contributed by atoms with Crippen LogP contribution in [0.3, 0.4) is 0 Å². The summed E-state index contributed by atoms with van der Waals surface area (Å²) in [7, 11) is 0. The van der Waals surface area contributed by atoms with Gasteiger partial charge in [0.25, 0.3) is 0 Å². The Hall–Kier alpha value is -2.82. The van der Waals surface area contributed by atoms with E-state index in [2.05, 4.69) is 31.1 Å². The molecule has 0 saturated heterocycles. The van der Waals surface area contributed by atoms with Gasteiger partial charge in [0.1, 0.15) is 6.54 Å². The largest absolute Gasteiger partial charge is 0.326 e. The van der Waals surface area contributed by atoms with Crippen molar-refractivity contribution in [3.63, 3.8) is 0 Å². The van der Waals surface area contributed by atoms with Crippen LogP contribution in [0.2, 0.25) is 0 Å². The highest BCUT2D eigenvalue weighted by atomic mass is 16.2. The van der Waals surface area contributed by atoms with Gasteiger partial charge in [0.15, 0.2) is 0 Å².